The fourth-order valence-corrected chi connectivity index (χ4v) is 3.61. The van der Waals surface area contributed by atoms with Crippen LogP contribution in [0, 0.1) is 23.1 Å². The molecule has 0 aliphatic rings. The number of nitrogens with zero attached hydrogens (tertiary/aromatic N) is 3. The summed E-state index contributed by atoms with van der Waals surface area (Å²) < 4.78 is 14.4. The maximum absolute atomic E-state index is 13.2. The van der Waals surface area contributed by atoms with Crippen molar-refractivity contribution >= 4 is 27.5 Å². The monoisotopic (exact) mass is 398 g/mol. The average Bonchev–Trinajstić information content (AvgIpc) is 3.09. The molecule has 8 heteroatoms. The van der Waals surface area contributed by atoms with Crippen LogP contribution in [0.2, 0.25) is 0 Å². The molecular weight excluding hydrogens is 379 g/mol. The van der Waals surface area contributed by atoms with E-state index in [1.54, 1.807) is 24.4 Å². The van der Waals surface area contributed by atoms with Crippen molar-refractivity contribution in [2.75, 3.05) is 0 Å². The summed E-state index contributed by atoms with van der Waals surface area (Å²) in [6.07, 6.45) is 1.33. The molecule has 0 spiro atoms. The van der Waals surface area contributed by atoms with Crippen LogP contribution in [0.5, 0.6) is 0 Å². The number of nitriles is 1. The van der Waals surface area contributed by atoms with Gasteiger partial charge in [-0.25, -0.2) is 9.37 Å². The van der Waals surface area contributed by atoms with Gasteiger partial charge < -0.3 is 5.32 Å². The van der Waals surface area contributed by atoms with Crippen molar-refractivity contribution < 1.29 is 9.18 Å². The predicted molar refractivity (Wildman–Crippen MR) is 106 cm³/mol. The minimum Gasteiger partial charge on any atom is -0.336 e. The fourth-order valence-electron chi connectivity index (χ4n) is 2.71. The molecule has 1 atom stereocenters. The number of nitrogens with one attached hydrogen (secondary N) is 1. The Labute approximate surface area is 165 Å². The number of fused-ring (bicyclic) bond motifs is 1. The molecule has 144 valence electrons. The smallest absolute Gasteiger partial charge is 0.263 e. The summed E-state index contributed by atoms with van der Waals surface area (Å²) in [6.45, 7) is 5.07. The molecule has 1 N–H and O–H groups in total. The van der Waals surface area contributed by atoms with E-state index in [4.69, 9.17) is 0 Å². The number of thiophene rings is 1. The molecule has 0 fully saturated rings. The van der Waals surface area contributed by atoms with Gasteiger partial charge in [0.1, 0.15) is 22.7 Å². The van der Waals surface area contributed by atoms with Gasteiger partial charge in [0.15, 0.2) is 0 Å². The molecule has 0 aliphatic heterocycles. The highest BCUT2D eigenvalue weighted by atomic mass is 32.1. The molecule has 0 aliphatic carbocycles. The summed E-state index contributed by atoms with van der Waals surface area (Å²) >= 11 is 1.31. The maximum atomic E-state index is 13.2. The van der Waals surface area contributed by atoms with E-state index < -0.39 is 11.4 Å². The maximum Gasteiger partial charge on any atom is 0.263 e. The van der Waals surface area contributed by atoms with E-state index in [0.717, 1.165) is 0 Å². The number of carbonyl (C=O) groups is 1. The van der Waals surface area contributed by atoms with Crippen molar-refractivity contribution in [2.45, 2.75) is 32.9 Å². The van der Waals surface area contributed by atoms with Gasteiger partial charge in [0.05, 0.1) is 17.8 Å². The van der Waals surface area contributed by atoms with Gasteiger partial charge in [0.2, 0.25) is 5.91 Å². The topological polar surface area (TPSA) is 87.8 Å². The zero-order valence-electron chi connectivity index (χ0n) is 15.7. The molecule has 0 bridgehead atoms. The van der Waals surface area contributed by atoms with Crippen LogP contribution in [-0.2, 0) is 11.3 Å². The summed E-state index contributed by atoms with van der Waals surface area (Å²) in [7, 11) is 0. The highest BCUT2D eigenvalue weighted by Crippen LogP contribution is 2.30. The van der Waals surface area contributed by atoms with E-state index in [1.165, 1.54) is 34.4 Å². The van der Waals surface area contributed by atoms with Crippen molar-refractivity contribution in [3.63, 3.8) is 0 Å². The van der Waals surface area contributed by atoms with Gasteiger partial charge in [-0.05, 0) is 30.5 Å². The lowest BCUT2D eigenvalue weighted by atomic mass is 9.90. The Balaban J connectivity index is 1.96. The van der Waals surface area contributed by atoms with Crippen molar-refractivity contribution in [3.8, 4) is 17.2 Å². The Bertz CT molecular complexity index is 1130. The van der Waals surface area contributed by atoms with Crippen LogP contribution in [0.15, 0.2) is 40.8 Å². The molecule has 1 aromatic carbocycles. The van der Waals surface area contributed by atoms with Crippen molar-refractivity contribution in [2.24, 2.45) is 5.92 Å². The normalized spacial score (nSPS) is 13.3. The summed E-state index contributed by atoms with van der Waals surface area (Å²) in [4.78, 5) is 30.2. The van der Waals surface area contributed by atoms with Crippen LogP contribution in [0.3, 0.4) is 0 Å². The van der Waals surface area contributed by atoms with E-state index in [0.29, 0.717) is 21.3 Å². The van der Waals surface area contributed by atoms with Crippen molar-refractivity contribution in [1.29, 1.82) is 5.26 Å². The summed E-state index contributed by atoms with van der Waals surface area (Å²) in [6, 6.07) is 7.96. The van der Waals surface area contributed by atoms with Crippen molar-refractivity contribution in [3.05, 3.63) is 52.1 Å². The molecule has 28 heavy (non-hydrogen) atoms. The Morgan fingerprint density at radius 3 is 2.68 bits per heavy atom. The largest absolute Gasteiger partial charge is 0.336 e. The van der Waals surface area contributed by atoms with Gasteiger partial charge in [-0.2, -0.15) is 5.26 Å². The Morgan fingerprint density at radius 1 is 1.39 bits per heavy atom. The second-order valence-corrected chi connectivity index (χ2v) is 7.89. The molecule has 0 saturated heterocycles. The van der Waals surface area contributed by atoms with Crippen LogP contribution in [0.25, 0.3) is 21.3 Å². The molecular formula is C20H19FN4O2S. The summed E-state index contributed by atoms with van der Waals surface area (Å²) in [5, 5.41) is 14.2. The first kappa shape index (κ1) is 19.7. The van der Waals surface area contributed by atoms with E-state index in [1.807, 2.05) is 13.8 Å². The Kier molecular flexibility index (Phi) is 5.29. The quantitative estimate of drug-likeness (QED) is 0.714. The van der Waals surface area contributed by atoms with Gasteiger partial charge in [-0.15, -0.1) is 11.3 Å². The Hall–Kier alpha value is -3.05. The molecule has 3 rings (SSSR count). The third kappa shape index (κ3) is 3.66. The highest BCUT2D eigenvalue weighted by Gasteiger charge is 2.30. The van der Waals surface area contributed by atoms with Gasteiger partial charge in [-0.3, -0.25) is 14.2 Å². The minimum absolute atomic E-state index is 0.0965. The van der Waals surface area contributed by atoms with E-state index >= 15 is 0 Å². The van der Waals surface area contributed by atoms with E-state index in [2.05, 4.69) is 16.4 Å². The third-order valence-electron chi connectivity index (χ3n) is 4.82. The summed E-state index contributed by atoms with van der Waals surface area (Å²) in [5.41, 5.74) is -0.0364. The molecule has 0 radical (unpaired) electrons. The number of benzene rings is 1. The molecule has 1 amide bonds. The van der Waals surface area contributed by atoms with Crippen LogP contribution in [0.4, 0.5) is 4.39 Å². The molecule has 3 aromatic rings. The number of halogens is 1. The number of hydrogen-bond donors (Lipinski definition) is 1. The SMILES string of the molecule is CC(C)C(C)(C#N)NC(=O)Cn1cnc2scc(-c3ccc(F)cc3)c2c1=O. The van der Waals surface area contributed by atoms with Gasteiger partial charge in [0.25, 0.3) is 5.56 Å². The standard InChI is InChI=1S/C20H19FN4O2S/c1-12(2)20(3,10-22)24-16(26)8-25-11-23-18-17(19(25)27)15(9-28-18)13-4-6-14(21)7-5-13/h4-7,9,11-12H,8H2,1-3H3,(H,24,26). The molecule has 2 heterocycles. The third-order valence-corrected chi connectivity index (χ3v) is 5.70. The number of amides is 1. The minimum atomic E-state index is -1.03. The lowest BCUT2D eigenvalue weighted by Crippen LogP contribution is -2.50. The van der Waals surface area contributed by atoms with E-state index in [-0.39, 0.29) is 23.8 Å². The van der Waals surface area contributed by atoms with Crippen LogP contribution < -0.4 is 10.9 Å². The number of hydrogen-bond acceptors (Lipinski definition) is 5. The van der Waals surface area contributed by atoms with Gasteiger partial charge in [-0.1, -0.05) is 26.0 Å². The lowest BCUT2D eigenvalue weighted by molar-refractivity contribution is -0.123. The van der Waals surface area contributed by atoms with E-state index in [9.17, 15) is 19.2 Å². The highest BCUT2D eigenvalue weighted by molar-refractivity contribution is 7.17. The lowest BCUT2D eigenvalue weighted by Gasteiger charge is -2.27. The zero-order chi connectivity index (χ0) is 20.5. The second kappa shape index (κ2) is 7.52. The zero-order valence-corrected chi connectivity index (χ0v) is 16.5. The Morgan fingerprint density at radius 2 is 2.07 bits per heavy atom. The van der Waals surface area contributed by atoms with Crippen LogP contribution in [-0.4, -0.2) is 21.0 Å². The van der Waals surface area contributed by atoms with Crippen LogP contribution >= 0.6 is 11.3 Å². The molecule has 6 nitrogen and oxygen atoms in total. The first-order valence-corrected chi connectivity index (χ1v) is 9.58. The first-order valence-electron chi connectivity index (χ1n) is 8.70. The molecule has 1 unspecified atom stereocenters. The molecule has 0 saturated carbocycles. The molecule has 2 aromatic heterocycles. The fraction of sp³-hybridized carbons (Fsp3) is 0.300. The number of rotatable bonds is 5. The average molecular weight is 398 g/mol. The predicted octanol–water partition coefficient (Wildman–Crippen LogP) is 3.32. The first-order chi connectivity index (χ1) is 13.2. The van der Waals surface area contributed by atoms with Gasteiger partial charge >= 0.3 is 0 Å². The number of aromatic nitrogens is 2. The second-order valence-electron chi connectivity index (χ2n) is 7.03. The summed E-state index contributed by atoms with van der Waals surface area (Å²) in [5.74, 6) is -0.901. The van der Waals surface area contributed by atoms with Crippen LogP contribution in [0.1, 0.15) is 20.8 Å². The van der Waals surface area contributed by atoms with Gasteiger partial charge in [0, 0.05) is 10.9 Å². The number of carbonyl (C=O) groups excluding carboxylic acids is 1. The van der Waals surface area contributed by atoms with Crippen molar-refractivity contribution in [1.82, 2.24) is 14.9 Å².